The number of nitrogens with one attached hydrogen (secondary N) is 1. The third-order valence-electron chi connectivity index (χ3n) is 1.93. The van der Waals surface area contributed by atoms with Crippen molar-refractivity contribution in [3.05, 3.63) is 18.3 Å². The van der Waals surface area contributed by atoms with Crippen molar-refractivity contribution in [3.63, 3.8) is 0 Å². The molecule has 0 saturated heterocycles. The Morgan fingerprint density at radius 3 is 2.56 bits per heavy atom. The van der Waals surface area contributed by atoms with Gasteiger partial charge in [-0.25, -0.2) is 13.4 Å². The van der Waals surface area contributed by atoms with Gasteiger partial charge in [0.15, 0.2) is 5.03 Å². The fourth-order valence-electron chi connectivity index (χ4n) is 1.36. The molecule has 0 aliphatic rings. The summed E-state index contributed by atoms with van der Waals surface area (Å²) in [6, 6.07) is 2.96. The van der Waals surface area contributed by atoms with Crippen LogP contribution < -0.4 is 11.1 Å². The molecule has 0 fully saturated rings. The molecule has 7 heteroatoms. The van der Waals surface area contributed by atoms with Crippen molar-refractivity contribution >= 4 is 21.4 Å². The van der Waals surface area contributed by atoms with E-state index in [-0.39, 0.29) is 10.7 Å². The number of hydrogen-bond acceptors (Lipinski definition) is 5. The summed E-state index contributed by atoms with van der Waals surface area (Å²) in [7, 11) is -3.81. The van der Waals surface area contributed by atoms with Gasteiger partial charge in [-0.15, -0.1) is 0 Å². The average molecular weight is 271 g/mol. The summed E-state index contributed by atoms with van der Waals surface area (Å²) >= 11 is 0. The van der Waals surface area contributed by atoms with Crippen LogP contribution in [0.2, 0.25) is 0 Å². The lowest BCUT2D eigenvalue weighted by molar-refractivity contribution is -0.120. The number of rotatable bonds is 3. The first-order valence-electron chi connectivity index (χ1n) is 5.36. The van der Waals surface area contributed by atoms with Crippen LogP contribution in [-0.2, 0) is 14.6 Å². The molecule has 0 unspecified atom stereocenters. The van der Waals surface area contributed by atoms with Gasteiger partial charge in [0, 0.05) is 11.7 Å². The normalized spacial score (nSPS) is 12.2. The predicted octanol–water partition coefficient (Wildman–Crippen LogP) is 0.352. The number of pyridine rings is 1. The van der Waals surface area contributed by atoms with Crippen LogP contribution in [0.4, 0.5) is 5.69 Å². The largest absolute Gasteiger partial charge is 0.396 e. The molecule has 1 aromatic rings. The first-order chi connectivity index (χ1) is 8.12. The Hall–Kier alpha value is -1.63. The highest BCUT2D eigenvalue weighted by Gasteiger charge is 2.25. The summed E-state index contributed by atoms with van der Waals surface area (Å²) in [5, 5.41) is 2.32. The maximum absolute atomic E-state index is 11.9. The molecular weight excluding hydrogens is 254 g/mol. The molecule has 0 bridgehead atoms. The molecule has 0 aliphatic carbocycles. The van der Waals surface area contributed by atoms with Crippen LogP contribution in [0.1, 0.15) is 20.8 Å². The third kappa shape index (κ3) is 3.99. The summed E-state index contributed by atoms with van der Waals surface area (Å²) in [5.74, 6) is -1.24. The number of anilines is 1. The zero-order valence-corrected chi connectivity index (χ0v) is 11.4. The van der Waals surface area contributed by atoms with E-state index in [0.717, 1.165) is 0 Å². The molecule has 100 valence electrons. The number of carbonyl (C=O) groups excluding carboxylic acids is 1. The van der Waals surface area contributed by atoms with Crippen LogP contribution >= 0.6 is 0 Å². The molecule has 0 aromatic carbocycles. The number of nitrogen functional groups attached to an aromatic ring is 1. The van der Waals surface area contributed by atoms with Crippen LogP contribution in [0.3, 0.4) is 0 Å². The van der Waals surface area contributed by atoms with Crippen LogP contribution in [0, 0.1) is 0 Å². The average Bonchev–Trinajstić information content (AvgIpc) is 2.13. The van der Waals surface area contributed by atoms with Crippen LogP contribution in [0.25, 0.3) is 0 Å². The summed E-state index contributed by atoms with van der Waals surface area (Å²) < 4.78 is 23.9. The highest BCUT2D eigenvalue weighted by molar-refractivity contribution is 7.92. The second-order valence-electron chi connectivity index (χ2n) is 4.96. The van der Waals surface area contributed by atoms with Gasteiger partial charge in [0.25, 0.3) is 0 Å². The first kappa shape index (κ1) is 14.4. The lowest BCUT2D eigenvalue weighted by Crippen LogP contribution is -2.43. The van der Waals surface area contributed by atoms with Crippen molar-refractivity contribution in [2.75, 3.05) is 11.5 Å². The van der Waals surface area contributed by atoms with Gasteiger partial charge in [-0.05, 0) is 32.9 Å². The minimum Gasteiger partial charge on any atom is -0.396 e. The molecule has 3 N–H and O–H groups in total. The Kier molecular flexibility index (Phi) is 3.95. The van der Waals surface area contributed by atoms with E-state index in [2.05, 4.69) is 10.3 Å². The summed E-state index contributed by atoms with van der Waals surface area (Å²) in [6.45, 7) is 5.31. The van der Waals surface area contributed by atoms with Crippen LogP contribution in [-0.4, -0.2) is 30.6 Å². The van der Waals surface area contributed by atoms with E-state index in [1.807, 2.05) is 0 Å². The SMILES string of the molecule is CC(C)(C)NC(=O)CS(=O)(=O)c1ncccc1N. The first-order valence-corrected chi connectivity index (χ1v) is 7.01. The third-order valence-corrected chi connectivity index (χ3v) is 3.50. The molecule has 0 spiro atoms. The molecule has 18 heavy (non-hydrogen) atoms. The Bertz CT molecular complexity index is 547. The molecule has 0 aliphatic heterocycles. The molecule has 6 nitrogen and oxygen atoms in total. The monoisotopic (exact) mass is 271 g/mol. The number of amides is 1. The summed E-state index contributed by atoms with van der Waals surface area (Å²) in [4.78, 5) is 15.3. The number of aromatic nitrogens is 1. The van der Waals surface area contributed by atoms with Crippen molar-refractivity contribution in [1.82, 2.24) is 10.3 Å². The number of sulfone groups is 1. The van der Waals surface area contributed by atoms with E-state index in [1.165, 1.54) is 18.3 Å². The molecule has 0 radical (unpaired) electrons. The van der Waals surface area contributed by atoms with E-state index in [0.29, 0.717) is 0 Å². The maximum atomic E-state index is 11.9. The lowest BCUT2D eigenvalue weighted by Gasteiger charge is -2.20. The van der Waals surface area contributed by atoms with E-state index >= 15 is 0 Å². The van der Waals surface area contributed by atoms with Crippen LogP contribution in [0.5, 0.6) is 0 Å². The molecule has 1 aromatic heterocycles. The number of nitrogens with zero attached hydrogens (tertiary/aromatic N) is 1. The topological polar surface area (TPSA) is 102 Å². The number of carbonyl (C=O) groups is 1. The van der Waals surface area contributed by atoms with E-state index < -0.39 is 27.0 Å². The molecule has 1 rings (SSSR count). The Balaban J connectivity index is 2.91. The Morgan fingerprint density at radius 2 is 2.06 bits per heavy atom. The molecule has 1 amide bonds. The highest BCUT2D eigenvalue weighted by Crippen LogP contribution is 2.15. The Morgan fingerprint density at radius 1 is 1.44 bits per heavy atom. The lowest BCUT2D eigenvalue weighted by atomic mass is 10.1. The van der Waals surface area contributed by atoms with Crippen molar-refractivity contribution < 1.29 is 13.2 Å². The zero-order chi connectivity index (χ0) is 14.0. The van der Waals surface area contributed by atoms with Crippen molar-refractivity contribution in [2.45, 2.75) is 31.3 Å². The predicted molar refractivity (Wildman–Crippen MR) is 68.6 cm³/mol. The van der Waals surface area contributed by atoms with E-state index in [4.69, 9.17) is 5.73 Å². The summed E-state index contributed by atoms with van der Waals surface area (Å²) in [6.07, 6.45) is 1.32. The van der Waals surface area contributed by atoms with Gasteiger partial charge in [0.1, 0.15) is 5.75 Å². The molecule has 0 atom stereocenters. The van der Waals surface area contributed by atoms with Gasteiger partial charge >= 0.3 is 0 Å². The quantitative estimate of drug-likeness (QED) is 0.826. The van der Waals surface area contributed by atoms with Gasteiger partial charge in [0.2, 0.25) is 15.7 Å². The van der Waals surface area contributed by atoms with Crippen molar-refractivity contribution in [1.29, 1.82) is 0 Å². The van der Waals surface area contributed by atoms with Crippen molar-refractivity contribution in [2.24, 2.45) is 0 Å². The van der Waals surface area contributed by atoms with Gasteiger partial charge in [0.05, 0.1) is 5.69 Å². The fraction of sp³-hybridized carbons (Fsp3) is 0.455. The molecule has 1 heterocycles. The van der Waals surface area contributed by atoms with Gasteiger partial charge in [-0.2, -0.15) is 0 Å². The standard InChI is InChI=1S/C11H17N3O3S/c1-11(2,3)14-9(15)7-18(16,17)10-8(12)5-4-6-13-10/h4-6H,7,12H2,1-3H3,(H,14,15). The second-order valence-corrected chi connectivity index (χ2v) is 6.86. The van der Waals surface area contributed by atoms with Gasteiger partial charge in [-0.3, -0.25) is 4.79 Å². The van der Waals surface area contributed by atoms with E-state index in [1.54, 1.807) is 20.8 Å². The van der Waals surface area contributed by atoms with Crippen LogP contribution in [0.15, 0.2) is 23.4 Å². The maximum Gasteiger partial charge on any atom is 0.236 e. The second kappa shape index (κ2) is 4.93. The Labute approximate surface area is 107 Å². The zero-order valence-electron chi connectivity index (χ0n) is 10.6. The minimum absolute atomic E-state index is 0.0426. The number of nitrogens with two attached hydrogens (primary N) is 1. The molecular formula is C11H17N3O3S. The van der Waals surface area contributed by atoms with Gasteiger partial charge < -0.3 is 11.1 Å². The fourth-order valence-corrected chi connectivity index (χ4v) is 2.56. The minimum atomic E-state index is -3.81. The highest BCUT2D eigenvalue weighted by atomic mass is 32.2. The van der Waals surface area contributed by atoms with Gasteiger partial charge in [-0.1, -0.05) is 0 Å². The van der Waals surface area contributed by atoms with Crippen molar-refractivity contribution in [3.8, 4) is 0 Å². The molecule has 0 saturated carbocycles. The smallest absolute Gasteiger partial charge is 0.236 e. The summed E-state index contributed by atoms with van der Waals surface area (Å²) in [5.41, 5.74) is 5.10. The number of hydrogen-bond donors (Lipinski definition) is 2. The van der Waals surface area contributed by atoms with E-state index in [9.17, 15) is 13.2 Å².